The van der Waals surface area contributed by atoms with Crippen LogP contribution in [0.3, 0.4) is 0 Å². The first-order chi connectivity index (χ1) is 14.0. The molecule has 0 saturated heterocycles. The van der Waals surface area contributed by atoms with Gasteiger partial charge in [0.2, 0.25) is 0 Å². The van der Waals surface area contributed by atoms with Crippen LogP contribution in [-0.4, -0.2) is 36.9 Å². The molecule has 1 aromatic carbocycles. The first kappa shape index (κ1) is 21.8. The molecule has 7 heteroatoms. The van der Waals surface area contributed by atoms with Crippen molar-refractivity contribution >= 4 is 27.5 Å². The summed E-state index contributed by atoms with van der Waals surface area (Å²) in [6, 6.07) is 12.1. The second-order valence-corrected chi connectivity index (χ2v) is 10.7. The maximum Gasteiger partial charge on any atom is 0.254 e. The van der Waals surface area contributed by atoms with Crippen LogP contribution in [0.25, 0.3) is 0 Å². The molecule has 1 heterocycles. The molecule has 0 bridgehead atoms. The van der Waals surface area contributed by atoms with Gasteiger partial charge in [-0.2, -0.15) is 0 Å². The third-order valence-corrected chi connectivity index (χ3v) is 8.42. The van der Waals surface area contributed by atoms with Crippen molar-refractivity contribution in [3.63, 3.8) is 0 Å². The number of hydrogen-bond acceptors (Lipinski definition) is 5. The lowest BCUT2D eigenvalue weighted by molar-refractivity contribution is 0.0915. The van der Waals surface area contributed by atoms with Crippen LogP contribution >= 0.6 is 11.8 Å². The fourth-order valence-electron chi connectivity index (χ4n) is 3.71. The number of hydrogen-bond donors (Lipinski definition) is 1. The van der Waals surface area contributed by atoms with E-state index >= 15 is 0 Å². The van der Waals surface area contributed by atoms with Gasteiger partial charge in [0, 0.05) is 18.0 Å². The minimum absolute atomic E-state index is 0.00219. The minimum atomic E-state index is -3.35. The highest BCUT2D eigenvalue weighted by atomic mass is 32.2. The molecule has 3 rings (SSSR count). The number of nitrogens with zero attached hydrogens (tertiary/aromatic N) is 1. The van der Waals surface area contributed by atoms with Gasteiger partial charge in [-0.1, -0.05) is 37.5 Å². The van der Waals surface area contributed by atoms with E-state index in [9.17, 15) is 13.2 Å². The molecule has 0 radical (unpaired) electrons. The Hall–Kier alpha value is -1.86. The van der Waals surface area contributed by atoms with E-state index in [0.29, 0.717) is 27.2 Å². The summed E-state index contributed by atoms with van der Waals surface area (Å²) in [5.41, 5.74) is 0.511. The Morgan fingerprint density at radius 3 is 2.59 bits per heavy atom. The standard InChI is InChI=1S/C22H28N2O3S2/c1-17(18-9-4-2-5-10-18)24-21(25)20-13-8-14-23-22(20)28-15-16-29(26,27)19-11-6-3-7-12-19/h3,6-8,11-14,17-18H,2,4-5,9-10,15-16H2,1H3,(H,24,25). The largest absolute Gasteiger partial charge is 0.349 e. The highest BCUT2D eigenvalue weighted by molar-refractivity contribution is 8.00. The Morgan fingerprint density at radius 2 is 1.86 bits per heavy atom. The van der Waals surface area contributed by atoms with Gasteiger partial charge in [-0.25, -0.2) is 13.4 Å². The molecule has 156 valence electrons. The molecule has 1 saturated carbocycles. The molecular formula is C22H28N2O3S2. The van der Waals surface area contributed by atoms with Crippen molar-refractivity contribution in [1.29, 1.82) is 0 Å². The summed E-state index contributed by atoms with van der Waals surface area (Å²) < 4.78 is 24.9. The molecule has 1 aliphatic carbocycles. The first-order valence-electron chi connectivity index (χ1n) is 10.1. The topological polar surface area (TPSA) is 76.1 Å². The number of rotatable bonds is 8. The molecule has 1 N–H and O–H groups in total. The lowest BCUT2D eigenvalue weighted by Crippen LogP contribution is -2.39. The monoisotopic (exact) mass is 432 g/mol. The highest BCUT2D eigenvalue weighted by Crippen LogP contribution is 2.27. The molecule has 0 spiro atoms. The average molecular weight is 433 g/mol. The van der Waals surface area contributed by atoms with Gasteiger partial charge in [-0.15, -0.1) is 11.8 Å². The SMILES string of the molecule is CC(NC(=O)c1cccnc1SCCS(=O)(=O)c1ccccc1)C1CCCCC1. The average Bonchev–Trinajstić information content (AvgIpc) is 2.75. The maximum absolute atomic E-state index is 12.8. The van der Waals surface area contributed by atoms with Crippen LogP contribution in [0.4, 0.5) is 0 Å². The van der Waals surface area contributed by atoms with Crippen molar-refractivity contribution in [2.24, 2.45) is 5.92 Å². The fraction of sp³-hybridized carbons (Fsp3) is 0.455. The van der Waals surface area contributed by atoms with Gasteiger partial charge in [0.15, 0.2) is 9.84 Å². The molecule has 1 amide bonds. The van der Waals surface area contributed by atoms with Gasteiger partial charge in [0.25, 0.3) is 5.91 Å². The smallest absolute Gasteiger partial charge is 0.254 e. The molecule has 1 aliphatic rings. The molecule has 0 aliphatic heterocycles. The summed E-state index contributed by atoms with van der Waals surface area (Å²) in [5.74, 6) is 0.728. The van der Waals surface area contributed by atoms with Crippen molar-refractivity contribution in [1.82, 2.24) is 10.3 Å². The Kier molecular flexibility index (Phi) is 7.72. The molecule has 1 fully saturated rings. The van der Waals surface area contributed by atoms with Crippen LogP contribution in [0.5, 0.6) is 0 Å². The zero-order chi connectivity index (χ0) is 20.7. The Labute approximate surface area is 177 Å². The summed E-state index contributed by atoms with van der Waals surface area (Å²) >= 11 is 1.31. The number of carbonyl (C=O) groups excluding carboxylic acids is 1. The Balaban J connectivity index is 1.60. The molecule has 29 heavy (non-hydrogen) atoms. The number of aromatic nitrogens is 1. The summed E-state index contributed by atoms with van der Waals surface area (Å²) in [5, 5.41) is 3.70. The first-order valence-corrected chi connectivity index (χ1v) is 12.8. The summed E-state index contributed by atoms with van der Waals surface area (Å²) in [6.45, 7) is 2.07. The van der Waals surface area contributed by atoms with Crippen LogP contribution in [0.1, 0.15) is 49.4 Å². The van der Waals surface area contributed by atoms with E-state index in [0.717, 1.165) is 12.8 Å². The second-order valence-electron chi connectivity index (χ2n) is 7.50. The van der Waals surface area contributed by atoms with E-state index in [1.54, 1.807) is 48.7 Å². The van der Waals surface area contributed by atoms with Gasteiger partial charge >= 0.3 is 0 Å². The van der Waals surface area contributed by atoms with E-state index in [1.165, 1.54) is 31.0 Å². The summed E-state index contributed by atoms with van der Waals surface area (Å²) in [7, 11) is -3.35. The predicted molar refractivity (Wildman–Crippen MR) is 117 cm³/mol. The van der Waals surface area contributed by atoms with E-state index in [4.69, 9.17) is 0 Å². The van der Waals surface area contributed by atoms with Crippen LogP contribution in [0, 0.1) is 5.92 Å². The Bertz CT molecular complexity index is 911. The third kappa shape index (κ3) is 6.06. The summed E-state index contributed by atoms with van der Waals surface area (Å²) in [6.07, 6.45) is 7.70. The van der Waals surface area contributed by atoms with Crippen LogP contribution in [0.15, 0.2) is 58.6 Å². The minimum Gasteiger partial charge on any atom is -0.349 e. The molecule has 1 aromatic heterocycles. The number of amides is 1. The van der Waals surface area contributed by atoms with E-state index in [-0.39, 0.29) is 17.7 Å². The number of benzene rings is 1. The van der Waals surface area contributed by atoms with Crippen molar-refractivity contribution in [2.45, 2.75) is 55.0 Å². The maximum atomic E-state index is 12.8. The van der Waals surface area contributed by atoms with E-state index in [1.807, 2.05) is 0 Å². The zero-order valence-corrected chi connectivity index (χ0v) is 18.3. The second kappa shape index (κ2) is 10.3. The fourth-order valence-corrected chi connectivity index (χ4v) is 6.37. The van der Waals surface area contributed by atoms with E-state index in [2.05, 4.69) is 17.2 Å². The van der Waals surface area contributed by atoms with Crippen LogP contribution in [0.2, 0.25) is 0 Å². The zero-order valence-electron chi connectivity index (χ0n) is 16.7. The Morgan fingerprint density at radius 1 is 1.14 bits per heavy atom. The lowest BCUT2D eigenvalue weighted by Gasteiger charge is -2.28. The van der Waals surface area contributed by atoms with Crippen molar-refractivity contribution in [3.8, 4) is 0 Å². The van der Waals surface area contributed by atoms with Gasteiger partial charge < -0.3 is 5.32 Å². The number of carbonyl (C=O) groups is 1. The number of pyridine rings is 1. The molecule has 1 atom stereocenters. The molecular weight excluding hydrogens is 404 g/mol. The lowest BCUT2D eigenvalue weighted by atomic mass is 9.84. The molecule has 2 aromatic rings. The van der Waals surface area contributed by atoms with Crippen molar-refractivity contribution in [3.05, 3.63) is 54.2 Å². The molecule has 5 nitrogen and oxygen atoms in total. The number of nitrogens with one attached hydrogen (secondary N) is 1. The molecule has 1 unspecified atom stereocenters. The van der Waals surface area contributed by atoms with Crippen LogP contribution < -0.4 is 5.32 Å². The van der Waals surface area contributed by atoms with Crippen molar-refractivity contribution in [2.75, 3.05) is 11.5 Å². The predicted octanol–water partition coefficient (Wildman–Crippen LogP) is 4.35. The third-order valence-electron chi connectivity index (χ3n) is 5.42. The van der Waals surface area contributed by atoms with E-state index < -0.39 is 9.84 Å². The normalized spacial score (nSPS) is 16.3. The van der Waals surface area contributed by atoms with Gasteiger partial charge in [0.1, 0.15) is 5.03 Å². The quantitative estimate of drug-likeness (QED) is 0.628. The highest BCUT2D eigenvalue weighted by Gasteiger charge is 2.23. The van der Waals surface area contributed by atoms with Crippen LogP contribution in [-0.2, 0) is 9.84 Å². The van der Waals surface area contributed by atoms with Gasteiger partial charge in [-0.05, 0) is 49.9 Å². The number of sulfone groups is 1. The van der Waals surface area contributed by atoms with Gasteiger partial charge in [0.05, 0.1) is 16.2 Å². The van der Waals surface area contributed by atoms with Gasteiger partial charge in [-0.3, -0.25) is 4.79 Å². The van der Waals surface area contributed by atoms with Crippen molar-refractivity contribution < 1.29 is 13.2 Å². The number of thioether (sulfide) groups is 1. The summed E-state index contributed by atoms with van der Waals surface area (Å²) in [4.78, 5) is 17.5.